The van der Waals surface area contributed by atoms with Crippen LogP contribution in [0.15, 0.2) is 62.0 Å². The van der Waals surface area contributed by atoms with E-state index in [1.165, 1.54) is 37.1 Å². The molecule has 10 heteroatoms. The molecule has 3 N–H and O–H groups in total. The third-order valence-electron chi connectivity index (χ3n) is 3.66. The molecular weight excluding hydrogens is 418 g/mol. The van der Waals surface area contributed by atoms with Crippen molar-refractivity contribution in [3.05, 3.63) is 59.1 Å². The van der Waals surface area contributed by atoms with E-state index in [4.69, 9.17) is 9.88 Å². The number of carbonyl (C=O) groups excluding carboxylic acids is 1. The van der Waals surface area contributed by atoms with Crippen molar-refractivity contribution in [2.24, 2.45) is 5.14 Å². The van der Waals surface area contributed by atoms with Crippen LogP contribution in [0.1, 0.15) is 16.1 Å². The summed E-state index contributed by atoms with van der Waals surface area (Å²) >= 11 is 3.11. The van der Waals surface area contributed by atoms with E-state index in [9.17, 15) is 13.2 Å². The Morgan fingerprint density at radius 2 is 1.93 bits per heavy atom. The first-order chi connectivity index (χ1) is 13.3. The Hall–Kier alpha value is -2.40. The van der Waals surface area contributed by atoms with E-state index in [2.05, 4.69) is 10.3 Å². The second-order valence-electron chi connectivity index (χ2n) is 5.74. The number of anilines is 1. The average molecular weight is 436 g/mol. The van der Waals surface area contributed by atoms with Gasteiger partial charge in [0.2, 0.25) is 10.0 Å². The van der Waals surface area contributed by atoms with Gasteiger partial charge in [-0.2, -0.15) is 0 Å². The lowest BCUT2D eigenvalue weighted by Gasteiger charge is -2.11. The van der Waals surface area contributed by atoms with E-state index in [1.54, 1.807) is 23.5 Å². The molecule has 0 saturated heterocycles. The predicted octanol–water partition coefficient (Wildman–Crippen LogP) is 3.51. The van der Waals surface area contributed by atoms with E-state index >= 15 is 0 Å². The molecule has 0 aliphatic carbocycles. The lowest BCUT2D eigenvalue weighted by Crippen LogP contribution is -2.16. The number of amides is 1. The van der Waals surface area contributed by atoms with Crippen LogP contribution in [0, 0.1) is 6.92 Å². The van der Waals surface area contributed by atoms with E-state index in [0.29, 0.717) is 5.69 Å². The van der Waals surface area contributed by atoms with Crippen molar-refractivity contribution in [2.75, 3.05) is 12.4 Å². The lowest BCUT2D eigenvalue weighted by atomic mass is 10.2. The maximum atomic E-state index is 12.6. The molecule has 7 nitrogen and oxygen atoms in total. The topological polar surface area (TPSA) is 111 Å². The van der Waals surface area contributed by atoms with Crippen LogP contribution in [-0.2, 0) is 10.0 Å². The highest BCUT2D eigenvalue weighted by Gasteiger charge is 2.17. The Labute approximate surface area is 171 Å². The Morgan fingerprint density at radius 1 is 1.21 bits per heavy atom. The van der Waals surface area contributed by atoms with Crippen molar-refractivity contribution in [3.63, 3.8) is 0 Å². The van der Waals surface area contributed by atoms with Gasteiger partial charge in [-0.1, -0.05) is 11.8 Å². The van der Waals surface area contributed by atoms with Gasteiger partial charge in [-0.3, -0.25) is 4.79 Å². The Balaban J connectivity index is 1.77. The summed E-state index contributed by atoms with van der Waals surface area (Å²) in [6.45, 7) is 1.94. The number of ether oxygens (including phenoxy) is 1. The van der Waals surface area contributed by atoms with Gasteiger partial charge >= 0.3 is 0 Å². The zero-order valence-electron chi connectivity index (χ0n) is 15.0. The summed E-state index contributed by atoms with van der Waals surface area (Å²) in [5.74, 6) is -0.255. The summed E-state index contributed by atoms with van der Waals surface area (Å²) in [6.07, 6.45) is 0. The fraction of sp³-hybridized carbons (Fsp3) is 0.111. The number of rotatable bonds is 6. The van der Waals surface area contributed by atoms with Crippen LogP contribution >= 0.6 is 23.1 Å². The zero-order valence-corrected chi connectivity index (χ0v) is 17.5. The Morgan fingerprint density at radius 3 is 2.50 bits per heavy atom. The largest absolute Gasteiger partial charge is 0.496 e. The number of primary sulfonamides is 1. The quantitative estimate of drug-likeness (QED) is 0.613. The van der Waals surface area contributed by atoms with Gasteiger partial charge in [0.05, 0.1) is 17.6 Å². The number of hydrogen-bond donors (Lipinski definition) is 2. The highest BCUT2D eigenvalue weighted by Crippen LogP contribution is 2.31. The van der Waals surface area contributed by atoms with Crippen LogP contribution in [0.2, 0.25) is 0 Å². The highest BCUT2D eigenvalue weighted by molar-refractivity contribution is 8.01. The van der Waals surface area contributed by atoms with Gasteiger partial charge in [-0.25, -0.2) is 18.5 Å². The van der Waals surface area contributed by atoms with Gasteiger partial charge < -0.3 is 10.1 Å². The SMILES string of the molecule is COc1ccc(S(N)(=O)=O)cc1C(=O)Nc1ccc(Sc2nc(C)cs2)cc1. The predicted molar refractivity (Wildman–Crippen MR) is 110 cm³/mol. The highest BCUT2D eigenvalue weighted by atomic mass is 32.2. The molecule has 146 valence electrons. The van der Waals surface area contributed by atoms with Crippen molar-refractivity contribution in [2.45, 2.75) is 21.1 Å². The molecule has 1 heterocycles. The molecule has 0 fully saturated rings. The molecule has 0 saturated carbocycles. The normalized spacial score (nSPS) is 11.2. The minimum atomic E-state index is -3.93. The molecule has 0 unspecified atom stereocenters. The van der Waals surface area contributed by atoms with Crippen molar-refractivity contribution in [1.82, 2.24) is 4.98 Å². The number of nitrogens with zero attached hydrogens (tertiary/aromatic N) is 1. The number of aromatic nitrogens is 1. The summed E-state index contributed by atoms with van der Waals surface area (Å²) in [5.41, 5.74) is 1.62. The summed E-state index contributed by atoms with van der Waals surface area (Å²) in [5, 5.41) is 9.86. The third kappa shape index (κ3) is 4.90. The molecule has 3 aromatic rings. The number of methoxy groups -OCH3 is 1. The van der Waals surface area contributed by atoms with E-state index < -0.39 is 15.9 Å². The molecule has 1 amide bonds. The fourth-order valence-corrected chi connectivity index (χ4v) is 4.68. The van der Waals surface area contributed by atoms with Crippen molar-refractivity contribution < 1.29 is 17.9 Å². The van der Waals surface area contributed by atoms with Crippen LogP contribution in [0.4, 0.5) is 5.69 Å². The van der Waals surface area contributed by atoms with Gasteiger partial charge in [0.1, 0.15) is 5.75 Å². The van der Waals surface area contributed by atoms with E-state index in [0.717, 1.165) is 14.9 Å². The van der Waals surface area contributed by atoms with E-state index in [-0.39, 0.29) is 16.2 Å². The summed E-state index contributed by atoms with van der Waals surface area (Å²) in [4.78, 5) is 17.8. The van der Waals surface area contributed by atoms with Crippen LogP contribution in [0.3, 0.4) is 0 Å². The molecule has 28 heavy (non-hydrogen) atoms. The molecular formula is C18H17N3O4S3. The van der Waals surface area contributed by atoms with Gasteiger partial charge in [-0.05, 0) is 49.4 Å². The maximum absolute atomic E-state index is 12.6. The number of nitrogens with one attached hydrogen (secondary N) is 1. The molecule has 2 aromatic carbocycles. The number of aryl methyl sites for hydroxylation is 1. The standard InChI is InChI=1S/C18H17N3O4S3/c1-11-10-26-18(20-11)27-13-5-3-12(4-6-13)21-17(22)15-9-14(28(19,23)24)7-8-16(15)25-2/h3-10H,1-2H3,(H,21,22)(H2,19,23,24). The number of benzene rings is 2. The van der Waals surface area contributed by atoms with Crippen LogP contribution < -0.4 is 15.2 Å². The van der Waals surface area contributed by atoms with Crippen molar-refractivity contribution >= 4 is 44.7 Å². The molecule has 0 atom stereocenters. The Bertz CT molecular complexity index is 1110. The minimum Gasteiger partial charge on any atom is -0.496 e. The first kappa shape index (κ1) is 20.3. The number of carbonyl (C=O) groups is 1. The molecule has 0 spiro atoms. The van der Waals surface area contributed by atoms with Gasteiger partial charge in [0, 0.05) is 21.7 Å². The van der Waals surface area contributed by atoms with Crippen LogP contribution in [-0.4, -0.2) is 26.4 Å². The second kappa shape index (κ2) is 8.31. The molecule has 0 aliphatic heterocycles. The summed E-state index contributed by atoms with van der Waals surface area (Å²) in [7, 11) is -2.54. The van der Waals surface area contributed by atoms with Gasteiger partial charge in [0.25, 0.3) is 5.91 Å². The van der Waals surface area contributed by atoms with Crippen molar-refractivity contribution in [1.29, 1.82) is 0 Å². The fourth-order valence-electron chi connectivity index (χ4n) is 2.33. The van der Waals surface area contributed by atoms with Gasteiger partial charge in [-0.15, -0.1) is 11.3 Å². The van der Waals surface area contributed by atoms with Gasteiger partial charge in [0.15, 0.2) is 4.34 Å². The third-order valence-corrected chi connectivity index (χ3v) is 6.63. The number of hydrogen-bond acceptors (Lipinski definition) is 7. The molecule has 0 bridgehead atoms. The number of sulfonamides is 1. The second-order valence-corrected chi connectivity index (χ2v) is 9.48. The average Bonchev–Trinajstić information content (AvgIpc) is 3.06. The molecule has 1 aromatic heterocycles. The summed E-state index contributed by atoms with van der Waals surface area (Å²) in [6, 6.07) is 11.1. The minimum absolute atomic E-state index is 0.0748. The lowest BCUT2D eigenvalue weighted by molar-refractivity contribution is 0.102. The molecule has 3 rings (SSSR count). The monoisotopic (exact) mass is 435 g/mol. The smallest absolute Gasteiger partial charge is 0.259 e. The molecule has 0 radical (unpaired) electrons. The summed E-state index contributed by atoms with van der Waals surface area (Å²) < 4.78 is 29.2. The number of nitrogens with two attached hydrogens (primary N) is 1. The first-order valence-corrected chi connectivity index (χ1v) is 11.2. The maximum Gasteiger partial charge on any atom is 0.259 e. The van der Waals surface area contributed by atoms with Crippen molar-refractivity contribution in [3.8, 4) is 5.75 Å². The van der Waals surface area contributed by atoms with Crippen LogP contribution in [0.5, 0.6) is 5.75 Å². The Kier molecular flexibility index (Phi) is 6.04. The van der Waals surface area contributed by atoms with E-state index in [1.807, 2.05) is 24.4 Å². The number of thiazole rings is 1. The zero-order chi connectivity index (χ0) is 20.3. The first-order valence-electron chi connectivity index (χ1n) is 7.98. The van der Waals surface area contributed by atoms with Crippen LogP contribution in [0.25, 0.3) is 0 Å². The molecule has 0 aliphatic rings.